The van der Waals surface area contributed by atoms with Gasteiger partial charge in [-0.1, -0.05) is 29.8 Å². The molecule has 33 heavy (non-hydrogen) atoms. The first-order valence-corrected chi connectivity index (χ1v) is 10.8. The monoisotopic (exact) mass is 490 g/mol. The average Bonchev–Trinajstić information content (AvgIpc) is 3.02. The zero-order chi connectivity index (χ0) is 24.1. The number of rotatable bonds is 8. The maximum absolute atomic E-state index is 12.8. The van der Waals surface area contributed by atoms with Crippen LogP contribution in [0, 0.1) is 0 Å². The fourth-order valence-corrected chi connectivity index (χ4v) is 3.87. The van der Waals surface area contributed by atoms with Gasteiger partial charge in [-0.3, -0.25) is 19.3 Å². The van der Waals surface area contributed by atoms with Gasteiger partial charge in [0, 0.05) is 16.3 Å². The smallest absolute Gasteiger partial charge is 0.344 e. The van der Waals surface area contributed by atoms with Crippen molar-refractivity contribution < 1.29 is 33.8 Å². The van der Waals surface area contributed by atoms with Crippen LogP contribution in [0.15, 0.2) is 47.4 Å². The van der Waals surface area contributed by atoms with Crippen molar-refractivity contribution in [3.8, 4) is 11.5 Å². The zero-order valence-electron chi connectivity index (χ0n) is 17.5. The van der Waals surface area contributed by atoms with E-state index in [9.17, 15) is 19.2 Å². The fraction of sp³-hybridized carbons (Fsp3) is 0.182. The summed E-state index contributed by atoms with van der Waals surface area (Å²) < 4.78 is 10.7. The number of methoxy groups -OCH3 is 1. The average molecular weight is 491 g/mol. The van der Waals surface area contributed by atoms with Gasteiger partial charge in [0.1, 0.15) is 6.54 Å². The number of carboxylic acid groups (broad SMARTS) is 1. The highest BCUT2D eigenvalue weighted by Crippen LogP contribution is 2.37. The molecule has 2 N–H and O–H groups in total. The number of halogens is 1. The van der Waals surface area contributed by atoms with Crippen LogP contribution in [0.5, 0.6) is 11.5 Å². The number of thioether (sulfide) groups is 1. The van der Waals surface area contributed by atoms with E-state index in [1.807, 2.05) is 0 Å². The van der Waals surface area contributed by atoms with Crippen LogP contribution in [-0.2, 0) is 14.4 Å². The lowest BCUT2D eigenvalue weighted by Gasteiger charge is -2.16. The third kappa shape index (κ3) is 5.85. The van der Waals surface area contributed by atoms with Gasteiger partial charge in [-0.05, 0) is 49.0 Å². The number of anilines is 1. The number of hydrogen-bond donors (Lipinski definition) is 2. The predicted octanol–water partition coefficient (Wildman–Crippen LogP) is 3.88. The SMILES string of the molecule is COc1cccc(/C=C2\SC(=O)N(CC(=O)Nc3cccc(Cl)c3)C2=O)c1O[C@@H](C)C(=O)O. The van der Waals surface area contributed by atoms with Gasteiger partial charge in [0.25, 0.3) is 11.1 Å². The minimum absolute atomic E-state index is 0.0524. The van der Waals surface area contributed by atoms with Crippen LogP contribution in [0.1, 0.15) is 12.5 Å². The van der Waals surface area contributed by atoms with E-state index in [1.165, 1.54) is 26.2 Å². The lowest BCUT2D eigenvalue weighted by atomic mass is 10.1. The number of nitrogens with one attached hydrogen (secondary N) is 1. The Morgan fingerprint density at radius 1 is 1.24 bits per heavy atom. The summed E-state index contributed by atoms with van der Waals surface area (Å²) in [5.74, 6) is -2.04. The highest BCUT2D eigenvalue weighted by molar-refractivity contribution is 8.18. The number of ether oxygens (including phenoxy) is 2. The quantitative estimate of drug-likeness (QED) is 0.534. The number of nitrogens with zero attached hydrogens (tertiary/aromatic N) is 1. The maximum Gasteiger partial charge on any atom is 0.344 e. The third-order valence-corrected chi connectivity index (χ3v) is 5.58. The van der Waals surface area contributed by atoms with Crippen molar-refractivity contribution in [1.82, 2.24) is 4.90 Å². The molecule has 1 saturated heterocycles. The Bertz CT molecular complexity index is 1150. The summed E-state index contributed by atoms with van der Waals surface area (Å²) in [6.45, 7) is 0.872. The van der Waals surface area contributed by atoms with Crippen LogP contribution in [0.3, 0.4) is 0 Å². The van der Waals surface area contributed by atoms with E-state index >= 15 is 0 Å². The molecule has 0 bridgehead atoms. The van der Waals surface area contributed by atoms with Crippen molar-refractivity contribution in [1.29, 1.82) is 0 Å². The molecular formula is C22H19ClN2O7S. The molecule has 0 aliphatic carbocycles. The largest absolute Gasteiger partial charge is 0.493 e. The number of aliphatic carboxylic acids is 1. The molecule has 9 nitrogen and oxygen atoms in total. The van der Waals surface area contributed by atoms with E-state index in [2.05, 4.69) is 5.32 Å². The molecule has 3 amide bonds. The summed E-state index contributed by atoms with van der Waals surface area (Å²) in [5.41, 5.74) is 0.775. The molecule has 1 aliphatic rings. The summed E-state index contributed by atoms with van der Waals surface area (Å²) in [7, 11) is 1.39. The predicted molar refractivity (Wildman–Crippen MR) is 123 cm³/mol. The lowest BCUT2D eigenvalue weighted by Crippen LogP contribution is -2.36. The zero-order valence-corrected chi connectivity index (χ0v) is 19.1. The second-order valence-corrected chi connectivity index (χ2v) is 8.23. The molecular weight excluding hydrogens is 472 g/mol. The van der Waals surface area contributed by atoms with Crippen LogP contribution in [-0.4, -0.2) is 52.8 Å². The summed E-state index contributed by atoms with van der Waals surface area (Å²) >= 11 is 6.55. The number of benzene rings is 2. The lowest BCUT2D eigenvalue weighted by molar-refractivity contribution is -0.144. The van der Waals surface area contributed by atoms with E-state index in [1.54, 1.807) is 36.4 Å². The van der Waals surface area contributed by atoms with Crippen molar-refractivity contribution in [2.75, 3.05) is 19.0 Å². The molecule has 11 heteroatoms. The molecule has 0 radical (unpaired) electrons. The van der Waals surface area contributed by atoms with Crippen molar-refractivity contribution in [2.45, 2.75) is 13.0 Å². The molecule has 0 unspecified atom stereocenters. The van der Waals surface area contributed by atoms with Crippen molar-refractivity contribution in [3.63, 3.8) is 0 Å². The van der Waals surface area contributed by atoms with Gasteiger partial charge in [-0.15, -0.1) is 0 Å². The standard InChI is InChI=1S/C22H19ClN2O7S/c1-12(21(28)29)32-19-13(5-3-8-16(19)31-2)9-17-20(27)25(22(30)33-17)11-18(26)24-15-7-4-6-14(23)10-15/h3-10,12H,11H2,1-2H3,(H,24,26)(H,28,29)/b17-9-/t12-/m0/s1. The summed E-state index contributed by atoms with van der Waals surface area (Å²) in [6.07, 6.45) is 0.213. The molecule has 1 atom stereocenters. The van der Waals surface area contributed by atoms with Gasteiger partial charge in [0.05, 0.1) is 12.0 Å². The molecule has 1 heterocycles. The number of carboxylic acids is 1. The van der Waals surface area contributed by atoms with Crippen molar-refractivity contribution in [3.05, 3.63) is 58.0 Å². The molecule has 0 aromatic heterocycles. The Morgan fingerprint density at radius 3 is 2.64 bits per heavy atom. The molecule has 0 saturated carbocycles. The number of hydrogen-bond acceptors (Lipinski definition) is 7. The molecule has 2 aromatic rings. The van der Waals surface area contributed by atoms with Crippen LogP contribution < -0.4 is 14.8 Å². The number of amides is 3. The Balaban J connectivity index is 1.80. The van der Waals surface area contributed by atoms with E-state index in [0.29, 0.717) is 28.0 Å². The Kier molecular flexibility index (Phi) is 7.62. The van der Waals surface area contributed by atoms with Crippen molar-refractivity contribution >= 4 is 58.1 Å². The minimum atomic E-state index is -1.18. The Morgan fingerprint density at radius 2 is 1.97 bits per heavy atom. The Labute approximate surface area is 198 Å². The highest BCUT2D eigenvalue weighted by atomic mass is 35.5. The van der Waals surface area contributed by atoms with Crippen LogP contribution in [0.2, 0.25) is 5.02 Å². The second kappa shape index (κ2) is 10.4. The molecule has 3 rings (SSSR count). The maximum atomic E-state index is 12.8. The minimum Gasteiger partial charge on any atom is -0.493 e. The van der Waals surface area contributed by atoms with Gasteiger partial charge in [-0.2, -0.15) is 0 Å². The third-order valence-electron chi connectivity index (χ3n) is 4.44. The van der Waals surface area contributed by atoms with Gasteiger partial charge < -0.3 is 19.9 Å². The molecule has 2 aromatic carbocycles. The molecule has 0 spiro atoms. The second-order valence-electron chi connectivity index (χ2n) is 6.80. The summed E-state index contributed by atoms with van der Waals surface area (Å²) in [5, 5.41) is 11.6. The van der Waals surface area contributed by atoms with Gasteiger partial charge in [0.2, 0.25) is 5.91 Å². The van der Waals surface area contributed by atoms with E-state index < -0.39 is 35.7 Å². The number of carbonyl (C=O) groups excluding carboxylic acids is 3. The van der Waals surface area contributed by atoms with E-state index in [-0.39, 0.29) is 16.4 Å². The Hall–Kier alpha value is -3.50. The van der Waals surface area contributed by atoms with E-state index in [0.717, 1.165) is 4.90 Å². The van der Waals surface area contributed by atoms with E-state index in [4.69, 9.17) is 26.2 Å². The van der Waals surface area contributed by atoms with Crippen LogP contribution >= 0.6 is 23.4 Å². The molecule has 172 valence electrons. The number of carbonyl (C=O) groups is 4. The van der Waals surface area contributed by atoms with Gasteiger partial charge >= 0.3 is 5.97 Å². The summed E-state index contributed by atoms with van der Waals surface area (Å²) in [4.78, 5) is 49.6. The molecule has 1 aliphatic heterocycles. The topological polar surface area (TPSA) is 122 Å². The first kappa shape index (κ1) is 24.1. The van der Waals surface area contributed by atoms with Crippen LogP contribution in [0.4, 0.5) is 10.5 Å². The summed E-state index contributed by atoms with van der Waals surface area (Å²) in [6, 6.07) is 11.3. The number of imide groups is 1. The van der Waals surface area contributed by atoms with Gasteiger partial charge in [-0.25, -0.2) is 4.79 Å². The molecule has 1 fully saturated rings. The van der Waals surface area contributed by atoms with Crippen molar-refractivity contribution in [2.24, 2.45) is 0 Å². The number of para-hydroxylation sites is 1. The highest BCUT2D eigenvalue weighted by Gasteiger charge is 2.36. The van der Waals surface area contributed by atoms with Gasteiger partial charge in [0.15, 0.2) is 17.6 Å². The fourth-order valence-electron chi connectivity index (χ4n) is 2.85. The first-order chi connectivity index (χ1) is 15.7. The normalized spacial score (nSPS) is 15.5. The first-order valence-electron chi connectivity index (χ1n) is 9.57. The van der Waals surface area contributed by atoms with Crippen LogP contribution in [0.25, 0.3) is 6.08 Å².